The smallest absolute Gasteiger partial charge is 0.215 e. The highest BCUT2D eigenvalue weighted by Crippen LogP contribution is 2.36. The van der Waals surface area contributed by atoms with Crippen LogP contribution in [0.15, 0.2) is 12.1 Å². The van der Waals surface area contributed by atoms with E-state index in [1.54, 1.807) is 0 Å². The number of rotatable bonds is 10. The molecular weight excluding hydrogens is 338 g/mol. The molecule has 1 aliphatic carbocycles. The summed E-state index contributed by atoms with van der Waals surface area (Å²) in [5, 5.41) is 2.69. The van der Waals surface area contributed by atoms with Gasteiger partial charge in [0.15, 0.2) is 0 Å². The fourth-order valence-corrected chi connectivity index (χ4v) is 4.70. The molecule has 1 aliphatic heterocycles. The number of carbonyl (C=O) groups excluding carboxylic acids is 1. The monoisotopic (exact) mass is 373 g/mol. The Balaban J connectivity index is 1.36. The molecule has 1 aromatic heterocycles. The molecule has 1 amide bonds. The standard InChI is InChI=1S/C22H35N3O2/c1-2-7-19-10-11-21(24-22(19)23-17-26)27-15-6-5-13-25-14-12-18-8-3-4-9-20(18)16-25/h10-11,17-18,20H,2-9,12-16H2,1H3,(H,23,24,26). The van der Waals surface area contributed by atoms with Crippen LogP contribution >= 0.6 is 0 Å². The van der Waals surface area contributed by atoms with Crippen molar-refractivity contribution in [2.75, 3.05) is 31.6 Å². The van der Waals surface area contributed by atoms with Gasteiger partial charge < -0.3 is 15.0 Å². The molecule has 0 radical (unpaired) electrons. The molecule has 0 aromatic carbocycles. The van der Waals surface area contributed by atoms with E-state index in [1.807, 2.05) is 12.1 Å². The number of anilines is 1. The van der Waals surface area contributed by atoms with Crippen LogP contribution in [0, 0.1) is 11.8 Å². The number of carbonyl (C=O) groups is 1. The summed E-state index contributed by atoms with van der Waals surface area (Å²) in [6.07, 6.45) is 12.0. The largest absolute Gasteiger partial charge is 0.478 e. The lowest BCUT2D eigenvalue weighted by Gasteiger charge is -2.41. The van der Waals surface area contributed by atoms with E-state index in [0.717, 1.165) is 36.7 Å². The van der Waals surface area contributed by atoms with E-state index in [4.69, 9.17) is 4.74 Å². The minimum absolute atomic E-state index is 0.599. The first-order chi connectivity index (χ1) is 13.3. The second-order valence-electron chi connectivity index (χ2n) is 8.12. The van der Waals surface area contributed by atoms with Crippen LogP contribution in [0.2, 0.25) is 0 Å². The minimum Gasteiger partial charge on any atom is -0.478 e. The van der Waals surface area contributed by atoms with E-state index in [9.17, 15) is 4.79 Å². The molecule has 2 unspecified atom stereocenters. The van der Waals surface area contributed by atoms with Crippen LogP contribution in [0.25, 0.3) is 0 Å². The second kappa shape index (κ2) is 10.6. The van der Waals surface area contributed by atoms with E-state index in [0.29, 0.717) is 24.7 Å². The molecule has 2 atom stereocenters. The first-order valence-electron chi connectivity index (χ1n) is 10.9. The molecule has 1 saturated carbocycles. The Kier molecular flexibility index (Phi) is 7.93. The maximum absolute atomic E-state index is 10.8. The summed E-state index contributed by atoms with van der Waals surface area (Å²) in [5.74, 6) is 3.19. The molecule has 150 valence electrons. The molecule has 5 heteroatoms. The molecule has 0 spiro atoms. The van der Waals surface area contributed by atoms with Gasteiger partial charge in [0.2, 0.25) is 12.3 Å². The van der Waals surface area contributed by atoms with Gasteiger partial charge in [-0.15, -0.1) is 0 Å². The van der Waals surface area contributed by atoms with Crippen LogP contribution < -0.4 is 10.1 Å². The number of pyridine rings is 1. The summed E-state index contributed by atoms with van der Waals surface area (Å²) < 4.78 is 5.82. The van der Waals surface area contributed by atoms with E-state index >= 15 is 0 Å². The molecule has 2 aliphatic rings. The molecule has 0 bridgehead atoms. The molecule has 1 N–H and O–H groups in total. The van der Waals surface area contributed by atoms with Crippen LogP contribution in [0.5, 0.6) is 5.88 Å². The van der Waals surface area contributed by atoms with Crippen molar-refractivity contribution in [3.8, 4) is 5.88 Å². The molecular formula is C22H35N3O2. The number of likely N-dealkylation sites (tertiary alicyclic amines) is 1. The quantitative estimate of drug-likeness (QED) is 0.491. The summed E-state index contributed by atoms with van der Waals surface area (Å²) >= 11 is 0. The summed E-state index contributed by atoms with van der Waals surface area (Å²) in [5.41, 5.74) is 1.06. The number of ether oxygens (including phenoxy) is 1. The van der Waals surface area contributed by atoms with Crippen LogP contribution in [-0.2, 0) is 11.2 Å². The first-order valence-corrected chi connectivity index (χ1v) is 10.9. The molecule has 2 heterocycles. The van der Waals surface area contributed by atoms with Crippen molar-refractivity contribution in [3.63, 3.8) is 0 Å². The lowest BCUT2D eigenvalue weighted by atomic mass is 9.75. The van der Waals surface area contributed by atoms with Crippen molar-refractivity contribution in [3.05, 3.63) is 17.7 Å². The molecule has 27 heavy (non-hydrogen) atoms. The average molecular weight is 374 g/mol. The Morgan fingerprint density at radius 2 is 2.07 bits per heavy atom. The van der Waals surface area contributed by atoms with Crippen molar-refractivity contribution in [1.29, 1.82) is 0 Å². The van der Waals surface area contributed by atoms with Crippen molar-refractivity contribution < 1.29 is 9.53 Å². The number of nitrogens with one attached hydrogen (secondary N) is 1. The molecule has 3 rings (SSSR count). The third-order valence-corrected chi connectivity index (χ3v) is 6.16. The van der Waals surface area contributed by atoms with Gasteiger partial charge in [-0.2, -0.15) is 4.98 Å². The fraction of sp³-hybridized carbons (Fsp3) is 0.727. The van der Waals surface area contributed by atoms with E-state index < -0.39 is 0 Å². The zero-order valence-electron chi connectivity index (χ0n) is 16.8. The SMILES string of the molecule is CCCc1ccc(OCCCCN2CCC3CCCCC3C2)nc1NC=O. The minimum atomic E-state index is 0.599. The van der Waals surface area contributed by atoms with Crippen molar-refractivity contribution in [2.45, 2.75) is 64.7 Å². The molecule has 5 nitrogen and oxygen atoms in total. The number of unbranched alkanes of at least 4 members (excludes halogenated alkanes) is 1. The number of hydrogen-bond acceptors (Lipinski definition) is 4. The number of fused-ring (bicyclic) bond motifs is 1. The normalized spacial score (nSPS) is 22.9. The van der Waals surface area contributed by atoms with Gasteiger partial charge in [-0.3, -0.25) is 4.79 Å². The molecule has 1 aromatic rings. The van der Waals surface area contributed by atoms with E-state index in [1.165, 1.54) is 58.2 Å². The van der Waals surface area contributed by atoms with Crippen molar-refractivity contribution >= 4 is 12.2 Å². The van der Waals surface area contributed by atoms with E-state index in [2.05, 4.69) is 22.1 Å². The topological polar surface area (TPSA) is 54.5 Å². The maximum atomic E-state index is 10.8. The Bertz CT molecular complexity index is 593. The van der Waals surface area contributed by atoms with Crippen molar-refractivity contribution in [2.24, 2.45) is 11.8 Å². The van der Waals surface area contributed by atoms with Gasteiger partial charge in [-0.1, -0.05) is 32.6 Å². The summed E-state index contributed by atoms with van der Waals surface area (Å²) in [6.45, 7) is 6.58. The van der Waals surface area contributed by atoms with Gasteiger partial charge in [-0.05, 0) is 68.7 Å². The third-order valence-electron chi connectivity index (χ3n) is 6.16. The highest BCUT2D eigenvalue weighted by molar-refractivity contribution is 5.71. The number of aryl methyl sites for hydroxylation is 1. The van der Waals surface area contributed by atoms with Gasteiger partial charge in [0.05, 0.1) is 6.61 Å². The zero-order valence-corrected chi connectivity index (χ0v) is 16.8. The number of aromatic nitrogens is 1. The number of amides is 1. The predicted octanol–water partition coefficient (Wildman–Crippen LogP) is 4.27. The van der Waals surface area contributed by atoms with Crippen LogP contribution in [0.1, 0.15) is 63.9 Å². The van der Waals surface area contributed by atoms with Gasteiger partial charge >= 0.3 is 0 Å². The zero-order chi connectivity index (χ0) is 18.9. The van der Waals surface area contributed by atoms with Crippen molar-refractivity contribution in [1.82, 2.24) is 9.88 Å². The predicted molar refractivity (Wildman–Crippen MR) is 109 cm³/mol. The van der Waals surface area contributed by atoms with Gasteiger partial charge in [0, 0.05) is 12.6 Å². The number of hydrogen-bond donors (Lipinski definition) is 1. The fourth-order valence-electron chi connectivity index (χ4n) is 4.70. The van der Waals surface area contributed by atoms with Crippen LogP contribution in [-0.4, -0.2) is 42.5 Å². The third kappa shape index (κ3) is 5.93. The summed E-state index contributed by atoms with van der Waals surface area (Å²) in [4.78, 5) is 17.9. The Morgan fingerprint density at radius 1 is 1.22 bits per heavy atom. The Hall–Kier alpha value is -1.62. The summed E-state index contributed by atoms with van der Waals surface area (Å²) in [7, 11) is 0. The summed E-state index contributed by atoms with van der Waals surface area (Å²) in [6, 6.07) is 3.92. The van der Waals surface area contributed by atoms with Gasteiger partial charge in [0.1, 0.15) is 5.82 Å². The Morgan fingerprint density at radius 3 is 2.89 bits per heavy atom. The second-order valence-corrected chi connectivity index (χ2v) is 8.12. The number of piperidine rings is 1. The van der Waals surface area contributed by atoms with E-state index in [-0.39, 0.29) is 0 Å². The first kappa shape index (κ1) is 20.1. The average Bonchev–Trinajstić information content (AvgIpc) is 2.70. The lowest BCUT2D eigenvalue weighted by Crippen LogP contribution is -2.42. The van der Waals surface area contributed by atoms with Gasteiger partial charge in [-0.25, -0.2) is 0 Å². The van der Waals surface area contributed by atoms with Crippen LogP contribution in [0.3, 0.4) is 0 Å². The lowest BCUT2D eigenvalue weighted by molar-refractivity contribution is -0.105. The maximum Gasteiger partial charge on any atom is 0.215 e. The molecule has 2 fully saturated rings. The highest BCUT2D eigenvalue weighted by Gasteiger charge is 2.30. The highest BCUT2D eigenvalue weighted by atomic mass is 16.5. The number of nitrogens with zero attached hydrogens (tertiary/aromatic N) is 2. The van der Waals surface area contributed by atoms with Crippen LogP contribution in [0.4, 0.5) is 5.82 Å². The Labute approximate surface area is 163 Å². The molecule has 1 saturated heterocycles. The van der Waals surface area contributed by atoms with Gasteiger partial charge in [0.25, 0.3) is 0 Å².